The van der Waals surface area contributed by atoms with Crippen LogP contribution in [0.2, 0.25) is 0 Å². The number of nitrogens with zero attached hydrogens (tertiary/aromatic N) is 2. The van der Waals surface area contributed by atoms with E-state index in [9.17, 15) is 8.78 Å². The molecule has 0 bridgehead atoms. The lowest BCUT2D eigenvalue weighted by Gasteiger charge is -2.24. The third-order valence-corrected chi connectivity index (χ3v) is 3.03. The molecule has 0 amide bonds. The van der Waals surface area contributed by atoms with Gasteiger partial charge in [-0.2, -0.15) is 0 Å². The maximum atomic E-state index is 13.3. The molecule has 1 heterocycles. The number of benzene rings is 1. The summed E-state index contributed by atoms with van der Waals surface area (Å²) >= 11 is 5.82. The zero-order chi connectivity index (χ0) is 13.8. The van der Waals surface area contributed by atoms with E-state index in [0.29, 0.717) is 23.6 Å². The molecule has 0 saturated carbocycles. The Bertz CT molecular complexity index is 575. The molecule has 2 nitrogen and oxygen atoms in total. The molecule has 0 unspecified atom stereocenters. The normalized spacial score (nSPS) is 10.5. The molecule has 1 aromatic heterocycles. The second kappa shape index (κ2) is 5.97. The van der Waals surface area contributed by atoms with Crippen molar-refractivity contribution < 1.29 is 8.78 Å². The molecule has 0 radical (unpaired) electrons. The van der Waals surface area contributed by atoms with Crippen LogP contribution < -0.4 is 4.90 Å². The van der Waals surface area contributed by atoms with Crippen LogP contribution in [0.25, 0.3) is 0 Å². The number of hydrogen-bond donors (Lipinski definition) is 0. The van der Waals surface area contributed by atoms with Crippen molar-refractivity contribution in [2.45, 2.75) is 12.8 Å². The van der Waals surface area contributed by atoms with Crippen molar-refractivity contribution in [3.05, 3.63) is 53.7 Å². The van der Waals surface area contributed by atoms with E-state index in [2.05, 4.69) is 4.98 Å². The minimum atomic E-state index is -0.435. The van der Waals surface area contributed by atoms with E-state index in [1.165, 1.54) is 18.2 Å². The average molecular weight is 283 g/mol. The van der Waals surface area contributed by atoms with Crippen LogP contribution in [0.4, 0.5) is 20.3 Å². The molecule has 0 fully saturated rings. The number of anilines is 2. The third-order valence-electron chi connectivity index (χ3n) is 2.75. The van der Waals surface area contributed by atoms with E-state index in [1.54, 1.807) is 17.0 Å². The van der Waals surface area contributed by atoms with Crippen molar-refractivity contribution in [1.29, 1.82) is 0 Å². The Hall–Kier alpha value is -1.68. The Morgan fingerprint density at radius 2 is 2.00 bits per heavy atom. The first-order valence-corrected chi connectivity index (χ1v) is 6.42. The van der Waals surface area contributed by atoms with Crippen molar-refractivity contribution in [1.82, 2.24) is 4.98 Å². The maximum Gasteiger partial charge on any atom is 0.141 e. The Labute approximate surface area is 115 Å². The summed E-state index contributed by atoms with van der Waals surface area (Å²) in [6, 6.07) is 7.52. The molecular weight excluding hydrogens is 270 g/mol. The molecule has 1 aromatic carbocycles. The van der Waals surface area contributed by atoms with Gasteiger partial charge in [-0.05, 0) is 31.2 Å². The number of halogens is 3. The van der Waals surface area contributed by atoms with E-state index in [4.69, 9.17) is 11.6 Å². The predicted octanol–water partition coefficient (Wildman–Crippen LogP) is 4.26. The zero-order valence-corrected chi connectivity index (χ0v) is 11.2. The van der Waals surface area contributed by atoms with E-state index in [0.717, 1.165) is 6.20 Å². The van der Waals surface area contributed by atoms with E-state index >= 15 is 0 Å². The molecule has 0 aliphatic carbocycles. The molecule has 0 saturated heterocycles. The number of hydrogen-bond acceptors (Lipinski definition) is 2. The Morgan fingerprint density at radius 1 is 1.21 bits per heavy atom. The fourth-order valence-corrected chi connectivity index (χ4v) is 2.11. The van der Waals surface area contributed by atoms with Crippen LogP contribution >= 0.6 is 11.6 Å². The number of pyridine rings is 1. The van der Waals surface area contributed by atoms with Gasteiger partial charge in [0.2, 0.25) is 0 Å². The zero-order valence-electron chi connectivity index (χ0n) is 10.4. The molecule has 0 spiro atoms. The van der Waals surface area contributed by atoms with Gasteiger partial charge in [-0.1, -0.05) is 6.07 Å². The Morgan fingerprint density at radius 3 is 2.63 bits per heavy atom. The van der Waals surface area contributed by atoms with Gasteiger partial charge < -0.3 is 4.90 Å². The van der Waals surface area contributed by atoms with Gasteiger partial charge in [-0.3, -0.25) is 0 Å². The SMILES string of the molecule is CCN(c1cccc(F)c1)c1ncc(F)cc1CCl. The summed E-state index contributed by atoms with van der Waals surface area (Å²) in [5.74, 6) is -0.0731. The third kappa shape index (κ3) is 3.01. The molecule has 2 aromatic rings. The lowest BCUT2D eigenvalue weighted by molar-refractivity contribution is 0.619. The summed E-state index contributed by atoms with van der Waals surface area (Å²) in [4.78, 5) is 5.86. The summed E-state index contributed by atoms with van der Waals surface area (Å²) in [6.45, 7) is 2.49. The van der Waals surface area contributed by atoms with Gasteiger partial charge >= 0.3 is 0 Å². The number of aromatic nitrogens is 1. The van der Waals surface area contributed by atoms with Crippen LogP contribution in [0.1, 0.15) is 12.5 Å². The van der Waals surface area contributed by atoms with Crippen LogP contribution in [-0.2, 0) is 5.88 Å². The summed E-state index contributed by atoms with van der Waals surface area (Å²) in [5, 5.41) is 0. The van der Waals surface area contributed by atoms with Gasteiger partial charge in [-0.25, -0.2) is 13.8 Å². The minimum Gasteiger partial charge on any atom is -0.326 e. The van der Waals surface area contributed by atoms with Gasteiger partial charge in [0.1, 0.15) is 17.5 Å². The topological polar surface area (TPSA) is 16.1 Å². The molecule has 0 aliphatic heterocycles. The molecular formula is C14H13ClF2N2. The predicted molar refractivity (Wildman–Crippen MR) is 72.8 cm³/mol. The highest BCUT2D eigenvalue weighted by molar-refractivity contribution is 6.17. The van der Waals surface area contributed by atoms with Crippen LogP contribution in [0, 0.1) is 11.6 Å². The van der Waals surface area contributed by atoms with Crippen LogP contribution in [-0.4, -0.2) is 11.5 Å². The quantitative estimate of drug-likeness (QED) is 0.779. The largest absolute Gasteiger partial charge is 0.326 e. The maximum absolute atomic E-state index is 13.3. The van der Waals surface area contributed by atoms with Gasteiger partial charge in [0.25, 0.3) is 0 Å². The fraction of sp³-hybridized carbons (Fsp3) is 0.214. The van der Waals surface area contributed by atoms with Crippen molar-refractivity contribution in [3.8, 4) is 0 Å². The fourth-order valence-electron chi connectivity index (χ4n) is 1.91. The van der Waals surface area contributed by atoms with Crippen molar-refractivity contribution >= 4 is 23.1 Å². The lowest BCUT2D eigenvalue weighted by Crippen LogP contribution is -2.19. The van der Waals surface area contributed by atoms with Gasteiger partial charge in [0.05, 0.1) is 12.1 Å². The highest BCUT2D eigenvalue weighted by Crippen LogP contribution is 2.28. The van der Waals surface area contributed by atoms with E-state index in [1.807, 2.05) is 6.92 Å². The van der Waals surface area contributed by atoms with Crippen LogP contribution in [0.15, 0.2) is 36.5 Å². The monoisotopic (exact) mass is 282 g/mol. The average Bonchev–Trinajstić information content (AvgIpc) is 2.41. The highest BCUT2D eigenvalue weighted by atomic mass is 35.5. The standard InChI is InChI=1S/C14H13ClF2N2/c1-2-19(13-5-3-4-11(16)7-13)14-10(8-15)6-12(17)9-18-14/h3-7,9H,2,8H2,1H3. The highest BCUT2D eigenvalue weighted by Gasteiger charge is 2.14. The first-order valence-electron chi connectivity index (χ1n) is 5.89. The summed E-state index contributed by atoms with van der Waals surface area (Å²) in [7, 11) is 0. The molecule has 19 heavy (non-hydrogen) atoms. The first-order chi connectivity index (χ1) is 9.15. The smallest absolute Gasteiger partial charge is 0.141 e. The summed E-state index contributed by atoms with van der Waals surface area (Å²) in [6.07, 6.45) is 1.13. The first kappa shape index (κ1) is 13.7. The van der Waals surface area contributed by atoms with Gasteiger partial charge in [0.15, 0.2) is 0 Å². The molecule has 100 valence electrons. The van der Waals surface area contributed by atoms with E-state index < -0.39 is 5.82 Å². The minimum absolute atomic E-state index is 0.145. The van der Waals surface area contributed by atoms with Crippen molar-refractivity contribution in [2.75, 3.05) is 11.4 Å². The van der Waals surface area contributed by atoms with E-state index in [-0.39, 0.29) is 11.7 Å². The van der Waals surface area contributed by atoms with Gasteiger partial charge in [0, 0.05) is 17.8 Å². The molecule has 0 N–H and O–H groups in total. The second-order valence-electron chi connectivity index (χ2n) is 3.99. The number of rotatable bonds is 4. The second-order valence-corrected chi connectivity index (χ2v) is 4.26. The number of alkyl halides is 1. The molecule has 2 rings (SSSR count). The Kier molecular flexibility index (Phi) is 4.32. The molecule has 0 aliphatic rings. The molecule has 5 heteroatoms. The Balaban J connectivity index is 2.48. The van der Waals surface area contributed by atoms with Gasteiger partial charge in [-0.15, -0.1) is 11.6 Å². The van der Waals surface area contributed by atoms with Crippen molar-refractivity contribution in [2.24, 2.45) is 0 Å². The van der Waals surface area contributed by atoms with Crippen molar-refractivity contribution in [3.63, 3.8) is 0 Å². The summed E-state index contributed by atoms with van der Waals surface area (Å²) < 4.78 is 26.5. The summed E-state index contributed by atoms with van der Waals surface area (Å²) in [5.41, 5.74) is 1.24. The van der Waals surface area contributed by atoms with Crippen LogP contribution in [0.5, 0.6) is 0 Å². The molecule has 0 atom stereocenters. The van der Waals surface area contributed by atoms with Crippen LogP contribution in [0.3, 0.4) is 0 Å². The lowest BCUT2D eigenvalue weighted by atomic mass is 10.2.